The van der Waals surface area contributed by atoms with Crippen LogP contribution in [0.1, 0.15) is 81.0 Å². The summed E-state index contributed by atoms with van der Waals surface area (Å²) < 4.78 is 0. The number of rotatable bonds is 17. The van der Waals surface area contributed by atoms with E-state index in [1.807, 2.05) is 0 Å². The van der Waals surface area contributed by atoms with Crippen molar-refractivity contribution in [2.75, 3.05) is 13.1 Å². The number of nitrogens with one attached hydrogen (secondary N) is 2. The molecule has 168 valence electrons. The number of unbranched alkanes of at least 4 members (excludes halogenated alkanes) is 9. The van der Waals surface area contributed by atoms with Gasteiger partial charge >= 0.3 is 0 Å². The SMILES string of the molecule is NCCCCCCCCCCCCNC(=O)C(CC(N)=O)NC(=O)c1ccccc1. The van der Waals surface area contributed by atoms with Gasteiger partial charge in [-0.1, -0.05) is 69.6 Å². The van der Waals surface area contributed by atoms with Gasteiger partial charge in [-0.25, -0.2) is 0 Å². The molecule has 6 N–H and O–H groups in total. The van der Waals surface area contributed by atoms with Crippen molar-refractivity contribution in [2.45, 2.75) is 76.7 Å². The maximum Gasteiger partial charge on any atom is 0.251 e. The Morgan fingerprint density at radius 2 is 1.33 bits per heavy atom. The molecule has 0 fully saturated rings. The van der Waals surface area contributed by atoms with Crippen LogP contribution in [0.2, 0.25) is 0 Å². The lowest BCUT2D eigenvalue weighted by atomic mass is 10.1. The van der Waals surface area contributed by atoms with Gasteiger partial charge in [-0.3, -0.25) is 14.4 Å². The van der Waals surface area contributed by atoms with Crippen molar-refractivity contribution in [3.8, 4) is 0 Å². The molecule has 0 bridgehead atoms. The topological polar surface area (TPSA) is 127 Å². The third kappa shape index (κ3) is 12.2. The number of hydrogen-bond donors (Lipinski definition) is 4. The van der Waals surface area contributed by atoms with Crippen LogP contribution in [0.5, 0.6) is 0 Å². The van der Waals surface area contributed by atoms with Gasteiger partial charge in [0.15, 0.2) is 0 Å². The van der Waals surface area contributed by atoms with Gasteiger partial charge in [0.05, 0.1) is 6.42 Å². The zero-order valence-corrected chi connectivity index (χ0v) is 18.0. The van der Waals surface area contributed by atoms with E-state index in [0.717, 1.165) is 32.2 Å². The molecule has 0 aliphatic heterocycles. The fraction of sp³-hybridized carbons (Fsp3) is 0.609. The number of nitrogens with two attached hydrogens (primary N) is 2. The van der Waals surface area contributed by atoms with E-state index in [4.69, 9.17) is 11.5 Å². The van der Waals surface area contributed by atoms with Crippen LogP contribution in [0.25, 0.3) is 0 Å². The molecule has 0 spiro atoms. The Morgan fingerprint density at radius 3 is 1.87 bits per heavy atom. The molecule has 0 aliphatic rings. The summed E-state index contributed by atoms with van der Waals surface area (Å²) in [5.74, 6) is -1.41. The van der Waals surface area contributed by atoms with E-state index in [9.17, 15) is 14.4 Å². The third-order valence-electron chi connectivity index (χ3n) is 4.99. The van der Waals surface area contributed by atoms with Crippen LogP contribution in [-0.2, 0) is 9.59 Å². The molecule has 0 aromatic heterocycles. The average molecular weight is 419 g/mol. The number of carbonyl (C=O) groups is 3. The van der Waals surface area contributed by atoms with Crippen molar-refractivity contribution < 1.29 is 14.4 Å². The molecule has 1 aromatic rings. The highest BCUT2D eigenvalue weighted by atomic mass is 16.2. The van der Waals surface area contributed by atoms with Gasteiger partial charge in [-0.2, -0.15) is 0 Å². The van der Waals surface area contributed by atoms with Crippen molar-refractivity contribution >= 4 is 17.7 Å². The van der Waals surface area contributed by atoms with Crippen molar-refractivity contribution in [3.05, 3.63) is 35.9 Å². The van der Waals surface area contributed by atoms with Gasteiger partial charge in [0.2, 0.25) is 11.8 Å². The van der Waals surface area contributed by atoms with Gasteiger partial charge in [-0.15, -0.1) is 0 Å². The first-order valence-electron chi connectivity index (χ1n) is 11.2. The lowest BCUT2D eigenvalue weighted by molar-refractivity contribution is -0.126. The largest absolute Gasteiger partial charge is 0.370 e. The Morgan fingerprint density at radius 1 is 0.800 bits per heavy atom. The van der Waals surface area contributed by atoms with Crippen LogP contribution in [-0.4, -0.2) is 36.9 Å². The van der Waals surface area contributed by atoms with Crippen LogP contribution in [0.15, 0.2) is 30.3 Å². The summed E-state index contributed by atoms with van der Waals surface area (Å²) in [6, 6.07) is 7.60. The maximum atomic E-state index is 12.4. The Labute approximate surface area is 180 Å². The van der Waals surface area contributed by atoms with Gasteiger partial charge in [-0.05, 0) is 31.5 Å². The third-order valence-corrected chi connectivity index (χ3v) is 4.99. The number of carbonyl (C=O) groups excluding carboxylic acids is 3. The molecule has 0 aliphatic carbocycles. The molecule has 0 saturated heterocycles. The van der Waals surface area contributed by atoms with Gasteiger partial charge in [0.25, 0.3) is 5.91 Å². The lowest BCUT2D eigenvalue weighted by Gasteiger charge is -2.17. The maximum absolute atomic E-state index is 12.4. The second-order valence-electron chi connectivity index (χ2n) is 7.68. The van der Waals surface area contributed by atoms with E-state index in [0.29, 0.717) is 12.1 Å². The Kier molecular flexibility index (Phi) is 14.0. The standard InChI is InChI=1S/C23H38N4O3/c24-16-12-7-5-3-1-2-4-6-8-13-17-26-23(30)20(18-21(25)28)27-22(29)19-14-10-9-11-15-19/h9-11,14-15,20H,1-8,12-13,16-18,24H2,(H2,25,28)(H,26,30)(H,27,29). The number of benzene rings is 1. The molecule has 0 saturated carbocycles. The summed E-state index contributed by atoms with van der Waals surface area (Å²) in [7, 11) is 0. The van der Waals surface area contributed by atoms with Gasteiger partial charge in [0, 0.05) is 12.1 Å². The molecular formula is C23H38N4O3. The second-order valence-corrected chi connectivity index (χ2v) is 7.68. The highest BCUT2D eigenvalue weighted by Gasteiger charge is 2.23. The average Bonchev–Trinajstić information content (AvgIpc) is 2.74. The van der Waals surface area contributed by atoms with E-state index in [2.05, 4.69) is 10.6 Å². The summed E-state index contributed by atoms with van der Waals surface area (Å²) in [5.41, 5.74) is 11.2. The molecule has 7 heteroatoms. The first-order chi connectivity index (χ1) is 14.5. The Balaban J connectivity index is 2.20. The van der Waals surface area contributed by atoms with Crippen molar-refractivity contribution in [1.29, 1.82) is 0 Å². The first-order valence-corrected chi connectivity index (χ1v) is 11.2. The van der Waals surface area contributed by atoms with Crippen molar-refractivity contribution in [1.82, 2.24) is 10.6 Å². The summed E-state index contributed by atoms with van der Waals surface area (Å²) in [5, 5.41) is 5.40. The molecule has 0 heterocycles. The van der Waals surface area contributed by atoms with Crippen molar-refractivity contribution in [3.63, 3.8) is 0 Å². The Hall–Kier alpha value is -2.41. The van der Waals surface area contributed by atoms with E-state index < -0.39 is 17.9 Å². The van der Waals surface area contributed by atoms with Crippen LogP contribution < -0.4 is 22.1 Å². The molecule has 1 rings (SSSR count). The van der Waals surface area contributed by atoms with E-state index >= 15 is 0 Å². The monoisotopic (exact) mass is 418 g/mol. The van der Waals surface area contributed by atoms with E-state index in [1.165, 1.54) is 38.5 Å². The van der Waals surface area contributed by atoms with Crippen LogP contribution in [0, 0.1) is 0 Å². The van der Waals surface area contributed by atoms with Crippen molar-refractivity contribution in [2.24, 2.45) is 11.5 Å². The summed E-state index contributed by atoms with van der Waals surface area (Å²) in [4.78, 5) is 35.9. The van der Waals surface area contributed by atoms with Gasteiger partial charge in [0.1, 0.15) is 6.04 Å². The first kappa shape index (κ1) is 25.6. The number of amides is 3. The summed E-state index contributed by atoms with van der Waals surface area (Å²) >= 11 is 0. The van der Waals surface area contributed by atoms with Gasteiger partial charge < -0.3 is 22.1 Å². The quantitative estimate of drug-likeness (QED) is 0.290. The lowest BCUT2D eigenvalue weighted by Crippen LogP contribution is -2.48. The van der Waals surface area contributed by atoms with Crippen LogP contribution >= 0.6 is 0 Å². The highest BCUT2D eigenvalue weighted by molar-refractivity contribution is 5.98. The zero-order chi connectivity index (χ0) is 22.0. The smallest absolute Gasteiger partial charge is 0.251 e. The number of hydrogen-bond acceptors (Lipinski definition) is 4. The molecule has 1 unspecified atom stereocenters. The minimum Gasteiger partial charge on any atom is -0.370 e. The second kappa shape index (κ2) is 16.4. The normalized spacial score (nSPS) is 11.6. The fourth-order valence-corrected chi connectivity index (χ4v) is 3.26. The van der Waals surface area contributed by atoms with E-state index in [-0.39, 0.29) is 12.3 Å². The molecule has 3 amide bonds. The molecule has 30 heavy (non-hydrogen) atoms. The molecule has 7 nitrogen and oxygen atoms in total. The van der Waals surface area contributed by atoms with Crippen LogP contribution in [0.3, 0.4) is 0 Å². The predicted molar refractivity (Wildman–Crippen MR) is 120 cm³/mol. The molecular weight excluding hydrogens is 380 g/mol. The Bertz CT molecular complexity index is 622. The minimum absolute atomic E-state index is 0.227. The van der Waals surface area contributed by atoms with E-state index in [1.54, 1.807) is 30.3 Å². The zero-order valence-electron chi connectivity index (χ0n) is 18.0. The number of primary amides is 1. The molecule has 1 aromatic carbocycles. The predicted octanol–water partition coefficient (Wildman–Crippen LogP) is 2.64. The highest BCUT2D eigenvalue weighted by Crippen LogP contribution is 2.10. The fourth-order valence-electron chi connectivity index (χ4n) is 3.26. The van der Waals surface area contributed by atoms with Crippen LogP contribution in [0.4, 0.5) is 0 Å². The molecule has 0 radical (unpaired) electrons. The molecule has 1 atom stereocenters. The minimum atomic E-state index is -0.963. The summed E-state index contributed by atoms with van der Waals surface area (Å²) in [6.45, 7) is 1.31. The summed E-state index contributed by atoms with van der Waals surface area (Å²) in [6.07, 6.45) is 11.5.